The highest BCUT2D eigenvalue weighted by Crippen LogP contribution is 2.18. The second-order valence-electron chi connectivity index (χ2n) is 2.59. The third kappa shape index (κ3) is 3.63. The van der Waals surface area contributed by atoms with E-state index in [4.69, 9.17) is 0 Å². The molecule has 0 amide bonds. The molecule has 1 heteroatoms. The summed E-state index contributed by atoms with van der Waals surface area (Å²) in [7, 11) is 0. The summed E-state index contributed by atoms with van der Waals surface area (Å²) in [5.41, 5.74) is 0. The van der Waals surface area contributed by atoms with Gasteiger partial charge in [0.2, 0.25) is 0 Å². The third-order valence-electron chi connectivity index (χ3n) is 1.50. The lowest BCUT2D eigenvalue weighted by molar-refractivity contribution is 0.960. The Labute approximate surface area is 78.7 Å². The largest absolute Gasteiger partial charge is 0.0984 e. The van der Waals surface area contributed by atoms with Crippen molar-refractivity contribution in [2.24, 2.45) is 0 Å². The van der Waals surface area contributed by atoms with Crippen LogP contribution in [0.15, 0.2) is 46.7 Å². The lowest BCUT2D eigenvalue weighted by Crippen LogP contribution is -1.64. The molecule has 64 valence electrons. The zero-order chi connectivity index (χ0) is 8.65. The fourth-order valence-corrected chi connectivity index (χ4v) is 1.56. The molecule has 0 fully saturated rings. The Kier molecular flexibility index (Phi) is 4.62. The van der Waals surface area contributed by atoms with Gasteiger partial charge < -0.3 is 0 Å². The highest BCUT2D eigenvalue weighted by molar-refractivity contribution is 8.02. The van der Waals surface area contributed by atoms with Crippen LogP contribution in [-0.4, -0.2) is 0 Å². The van der Waals surface area contributed by atoms with Gasteiger partial charge in [-0.25, -0.2) is 0 Å². The maximum absolute atomic E-state index is 2.22. The highest BCUT2D eigenvalue weighted by atomic mass is 32.2. The molecule has 0 N–H and O–H groups in total. The first-order valence-corrected chi connectivity index (χ1v) is 5.18. The Morgan fingerprint density at radius 3 is 2.67 bits per heavy atom. The van der Waals surface area contributed by atoms with E-state index in [1.54, 1.807) is 11.8 Å². The Hall–Kier alpha value is -0.690. The van der Waals surface area contributed by atoms with E-state index in [1.807, 2.05) is 6.07 Å². The van der Waals surface area contributed by atoms with Crippen LogP contribution in [0.3, 0.4) is 0 Å². The molecule has 0 aromatic heterocycles. The summed E-state index contributed by atoms with van der Waals surface area (Å²) in [5.74, 6) is 0. The molecule has 0 aliphatic heterocycles. The highest BCUT2D eigenvalue weighted by Gasteiger charge is 1.84. The number of rotatable bonds is 4. The molecule has 0 aliphatic carbocycles. The summed E-state index contributed by atoms with van der Waals surface area (Å²) in [6, 6.07) is 10.4. The molecule has 0 atom stereocenters. The summed E-state index contributed by atoms with van der Waals surface area (Å²) in [6.45, 7) is 2.19. The van der Waals surface area contributed by atoms with E-state index in [0.29, 0.717) is 0 Å². The van der Waals surface area contributed by atoms with Crippen LogP contribution in [0, 0.1) is 0 Å². The topological polar surface area (TPSA) is 0 Å². The van der Waals surface area contributed by atoms with Crippen molar-refractivity contribution < 1.29 is 0 Å². The molecule has 0 saturated carbocycles. The number of unbranched alkanes of at least 4 members (excludes halogenated alkanes) is 1. The van der Waals surface area contributed by atoms with Crippen molar-refractivity contribution >= 4 is 11.8 Å². The first kappa shape index (κ1) is 9.40. The molecule has 0 spiro atoms. The standard InChI is InChI=1S/C11H14S/c1-2-3-7-10-12-11-8-5-4-6-9-11/h4-10H,2-3H2,1H3. The van der Waals surface area contributed by atoms with Crippen LogP contribution in [0.25, 0.3) is 0 Å². The Bertz CT molecular complexity index is 226. The summed E-state index contributed by atoms with van der Waals surface area (Å²) >= 11 is 1.78. The van der Waals surface area contributed by atoms with E-state index in [9.17, 15) is 0 Å². The summed E-state index contributed by atoms with van der Waals surface area (Å²) in [5, 5.41) is 2.17. The molecular formula is C11H14S. The van der Waals surface area contributed by atoms with E-state index < -0.39 is 0 Å². The van der Waals surface area contributed by atoms with Crippen molar-refractivity contribution in [3.63, 3.8) is 0 Å². The van der Waals surface area contributed by atoms with Crippen LogP contribution >= 0.6 is 11.8 Å². The monoisotopic (exact) mass is 178 g/mol. The molecule has 12 heavy (non-hydrogen) atoms. The Balaban J connectivity index is 2.33. The van der Waals surface area contributed by atoms with Crippen LogP contribution in [0.5, 0.6) is 0 Å². The van der Waals surface area contributed by atoms with Gasteiger partial charge >= 0.3 is 0 Å². The molecule has 0 aliphatic rings. The van der Waals surface area contributed by atoms with Crippen LogP contribution in [0.2, 0.25) is 0 Å². The maximum Gasteiger partial charge on any atom is 0.0116 e. The predicted octanol–water partition coefficient (Wildman–Crippen LogP) is 4.09. The fraction of sp³-hybridized carbons (Fsp3) is 0.273. The third-order valence-corrected chi connectivity index (χ3v) is 2.37. The molecule has 0 unspecified atom stereocenters. The van der Waals surface area contributed by atoms with Gasteiger partial charge in [0, 0.05) is 4.90 Å². The van der Waals surface area contributed by atoms with E-state index >= 15 is 0 Å². The number of benzene rings is 1. The molecule has 0 bridgehead atoms. The number of hydrogen-bond acceptors (Lipinski definition) is 1. The lowest BCUT2D eigenvalue weighted by Gasteiger charge is -1.92. The van der Waals surface area contributed by atoms with Crippen molar-refractivity contribution in [1.29, 1.82) is 0 Å². The van der Waals surface area contributed by atoms with Gasteiger partial charge in [-0.1, -0.05) is 49.4 Å². The van der Waals surface area contributed by atoms with Gasteiger partial charge in [0.1, 0.15) is 0 Å². The maximum atomic E-state index is 2.22. The van der Waals surface area contributed by atoms with Gasteiger partial charge in [-0.2, -0.15) is 0 Å². The van der Waals surface area contributed by atoms with E-state index in [0.717, 1.165) is 0 Å². The smallest absolute Gasteiger partial charge is 0.0116 e. The lowest BCUT2D eigenvalue weighted by atomic mass is 10.3. The summed E-state index contributed by atoms with van der Waals surface area (Å²) in [4.78, 5) is 1.31. The first-order valence-electron chi connectivity index (χ1n) is 4.30. The zero-order valence-corrected chi connectivity index (χ0v) is 8.18. The van der Waals surface area contributed by atoms with Crippen molar-refractivity contribution in [3.05, 3.63) is 41.8 Å². The average molecular weight is 178 g/mol. The van der Waals surface area contributed by atoms with Crippen LogP contribution in [0.4, 0.5) is 0 Å². The van der Waals surface area contributed by atoms with E-state index in [1.165, 1.54) is 17.7 Å². The normalized spacial score (nSPS) is 10.8. The van der Waals surface area contributed by atoms with Crippen molar-refractivity contribution in [2.75, 3.05) is 0 Å². The number of hydrogen-bond donors (Lipinski definition) is 0. The summed E-state index contributed by atoms with van der Waals surface area (Å²) < 4.78 is 0. The van der Waals surface area contributed by atoms with Gasteiger partial charge in [0.25, 0.3) is 0 Å². The minimum Gasteiger partial charge on any atom is -0.0984 e. The molecule has 0 heterocycles. The molecule has 0 radical (unpaired) electrons. The number of allylic oxidation sites excluding steroid dienone is 1. The predicted molar refractivity (Wildman–Crippen MR) is 56.3 cm³/mol. The Morgan fingerprint density at radius 1 is 1.25 bits per heavy atom. The van der Waals surface area contributed by atoms with Crippen LogP contribution in [-0.2, 0) is 0 Å². The van der Waals surface area contributed by atoms with Gasteiger partial charge in [-0.15, -0.1) is 0 Å². The van der Waals surface area contributed by atoms with Gasteiger partial charge in [0.15, 0.2) is 0 Å². The fourth-order valence-electron chi connectivity index (χ4n) is 0.860. The minimum absolute atomic E-state index is 1.18. The molecule has 1 rings (SSSR count). The van der Waals surface area contributed by atoms with Crippen molar-refractivity contribution in [3.8, 4) is 0 Å². The Morgan fingerprint density at radius 2 is 2.00 bits per heavy atom. The van der Waals surface area contributed by atoms with E-state index in [-0.39, 0.29) is 0 Å². The molecule has 1 aromatic rings. The average Bonchev–Trinajstić information content (AvgIpc) is 2.14. The van der Waals surface area contributed by atoms with Crippen LogP contribution < -0.4 is 0 Å². The van der Waals surface area contributed by atoms with E-state index in [2.05, 4.69) is 42.7 Å². The second-order valence-corrected chi connectivity index (χ2v) is 3.57. The quantitative estimate of drug-likeness (QED) is 0.626. The SMILES string of the molecule is CCCC=CSc1ccccc1. The molecule has 0 saturated heterocycles. The van der Waals surface area contributed by atoms with Crippen LogP contribution in [0.1, 0.15) is 19.8 Å². The minimum atomic E-state index is 1.18. The first-order chi connectivity index (χ1) is 5.93. The number of thioether (sulfide) groups is 1. The molecule has 1 aromatic carbocycles. The summed E-state index contributed by atoms with van der Waals surface area (Å²) in [6.07, 6.45) is 4.63. The van der Waals surface area contributed by atoms with Gasteiger partial charge in [0.05, 0.1) is 0 Å². The van der Waals surface area contributed by atoms with Crippen molar-refractivity contribution in [2.45, 2.75) is 24.7 Å². The van der Waals surface area contributed by atoms with Gasteiger partial charge in [-0.05, 0) is 24.0 Å². The zero-order valence-electron chi connectivity index (χ0n) is 7.36. The second kappa shape index (κ2) is 5.90. The molecular weight excluding hydrogens is 164 g/mol. The van der Waals surface area contributed by atoms with Crippen molar-refractivity contribution in [1.82, 2.24) is 0 Å². The van der Waals surface area contributed by atoms with Gasteiger partial charge in [-0.3, -0.25) is 0 Å². The molecule has 0 nitrogen and oxygen atoms in total.